The molecule has 0 nitrogen and oxygen atoms in total. The van der Waals surface area contributed by atoms with E-state index in [1.54, 1.807) is 0 Å². The van der Waals surface area contributed by atoms with Crippen molar-refractivity contribution in [2.75, 3.05) is 0 Å². The van der Waals surface area contributed by atoms with Gasteiger partial charge < -0.3 is 0 Å². The van der Waals surface area contributed by atoms with E-state index in [1.165, 1.54) is 10.8 Å². The second kappa shape index (κ2) is 2.26. The van der Waals surface area contributed by atoms with Crippen LogP contribution < -0.4 is 0 Å². The summed E-state index contributed by atoms with van der Waals surface area (Å²) in [6, 6.07) is 10.5. The summed E-state index contributed by atoms with van der Waals surface area (Å²) in [5.74, 6) is 4.18. The molecule has 0 atom stereocenters. The molecular weight excluding hydrogens is 119 g/mol. The number of rotatable bonds is 0. The summed E-state index contributed by atoms with van der Waals surface area (Å²) >= 11 is 0. The van der Waals surface area contributed by atoms with Crippen LogP contribution in [0.5, 0.6) is 0 Å². The van der Waals surface area contributed by atoms with Crippen LogP contribution in [0.3, 0.4) is 0 Å². The summed E-state index contributed by atoms with van der Waals surface area (Å²) in [7, 11) is 0. The topological polar surface area (TPSA) is 0 Å². The molecule has 0 radical (unpaired) electrons. The van der Waals surface area contributed by atoms with Crippen molar-refractivity contribution in [2.45, 2.75) is 0 Å². The first-order valence-corrected chi connectivity index (χ1v) is 3.40. The quantitative estimate of drug-likeness (QED) is 0.507. The van der Waals surface area contributed by atoms with E-state index in [2.05, 4.69) is 49.2 Å². The van der Waals surface area contributed by atoms with Crippen molar-refractivity contribution in [3.05, 3.63) is 42.3 Å². The Morgan fingerprint density at radius 2 is 1.70 bits per heavy atom. The van der Waals surface area contributed by atoms with Gasteiger partial charge in [-0.2, -0.15) is 0 Å². The molecule has 0 saturated heterocycles. The van der Waals surface area contributed by atoms with Crippen molar-refractivity contribution in [3.63, 3.8) is 0 Å². The van der Waals surface area contributed by atoms with Gasteiger partial charge >= 0.3 is 59.9 Å². The molecule has 0 aliphatic rings. The third kappa shape index (κ3) is 0.839. The van der Waals surface area contributed by atoms with Crippen LogP contribution in [-0.4, -0.2) is 6.91 Å². The van der Waals surface area contributed by atoms with Crippen molar-refractivity contribution in [3.8, 4) is 0 Å². The van der Waals surface area contributed by atoms with E-state index in [1.807, 2.05) is 0 Å². The molecule has 0 spiro atoms. The predicted octanol–water partition coefficient (Wildman–Crippen LogP) is 2.18. The van der Waals surface area contributed by atoms with E-state index in [0.29, 0.717) is 0 Å². The van der Waals surface area contributed by atoms with Crippen LogP contribution in [-0.2, 0) is 0 Å². The fraction of sp³-hybridized carbons (Fsp3) is 0. The molecule has 0 unspecified atom stereocenters. The van der Waals surface area contributed by atoms with E-state index in [-0.39, 0.29) is 0 Å². The van der Waals surface area contributed by atoms with Crippen molar-refractivity contribution in [1.82, 2.24) is 0 Å². The maximum absolute atomic E-state index is 2.12. The minimum atomic E-state index is 1.31. The van der Waals surface area contributed by atoms with Gasteiger partial charge in [-0.1, -0.05) is 0 Å². The summed E-state index contributed by atoms with van der Waals surface area (Å²) in [6.45, 7) is 2.06. The van der Waals surface area contributed by atoms with Crippen molar-refractivity contribution < 1.29 is 0 Å². The molecule has 1 aromatic carbocycles. The van der Waals surface area contributed by atoms with Crippen LogP contribution >= 0.6 is 0 Å². The maximum atomic E-state index is 2.12. The van der Waals surface area contributed by atoms with Crippen LogP contribution in [0.4, 0.5) is 0 Å². The molecule has 1 heterocycles. The molecule has 0 amide bonds. The predicted molar refractivity (Wildman–Crippen MR) is 45.3 cm³/mol. The summed E-state index contributed by atoms with van der Waals surface area (Å²) in [4.78, 5) is 0. The van der Waals surface area contributed by atoms with E-state index >= 15 is 0 Å². The van der Waals surface area contributed by atoms with Crippen LogP contribution in [0.15, 0.2) is 42.3 Å². The van der Waals surface area contributed by atoms with E-state index in [9.17, 15) is 0 Å². The van der Waals surface area contributed by atoms with Gasteiger partial charge in [-0.05, 0) is 0 Å². The Labute approximate surface area is 60.7 Å². The van der Waals surface area contributed by atoms with Gasteiger partial charge in [0.05, 0.1) is 0 Å². The fourth-order valence-electron chi connectivity index (χ4n) is 1.13. The molecule has 0 N–H and O–H groups in total. The zero-order valence-corrected chi connectivity index (χ0v) is 5.62. The zero-order chi connectivity index (χ0) is 6.81. The van der Waals surface area contributed by atoms with Crippen LogP contribution in [0.2, 0.25) is 0 Å². The summed E-state index contributed by atoms with van der Waals surface area (Å²) in [5, 5.41) is 2.62. The molecule has 1 aromatic heterocycles. The van der Waals surface area contributed by atoms with E-state index in [0.717, 1.165) is 0 Å². The standard InChI is InChI=1S/C9H7B/c1-2-4-9-7-10-6-5-8(9)3-1/h1-7H. The Hall–Kier alpha value is -1.11. The monoisotopic (exact) mass is 126 g/mol. The zero-order valence-electron chi connectivity index (χ0n) is 5.62. The van der Waals surface area contributed by atoms with Gasteiger partial charge in [0.15, 0.2) is 0 Å². The Kier molecular flexibility index (Phi) is 1.28. The molecule has 0 aliphatic carbocycles. The van der Waals surface area contributed by atoms with Gasteiger partial charge in [-0.3, -0.25) is 0 Å². The van der Waals surface area contributed by atoms with Crippen molar-refractivity contribution >= 4 is 17.7 Å². The average molecular weight is 126 g/mol. The molecule has 10 heavy (non-hydrogen) atoms. The number of benzene rings is 1. The number of fused-ring (bicyclic) bond motifs is 1. The molecule has 46 valence electrons. The third-order valence-electron chi connectivity index (χ3n) is 1.66. The van der Waals surface area contributed by atoms with Crippen LogP contribution in [0, 0.1) is 0 Å². The fourth-order valence-corrected chi connectivity index (χ4v) is 1.13. The van der Waals surface area contributed by atoms with Gasteiger partial charge in [-0.15, -0.1) is 0 Å². The first-order valence-electron chi connectivity index (χ1n) is 3.40. The molecule has 0 saturated carbocycles. The summed E-state index contributed by atoms with van der Waals surface area (Å²) in [6.07, 6.45) is 0. The third-order valence-corrected chi connectivity index (χ3v) is 1.66. The van der Waals surface area contributed by atoms with Gasteiger partial charge in [-0.25, -0.2) is 0 Å². The van der Waals surface area contributed by atoms with E-state index < -0.39 is 0 Å². The summed E-state index contributed by atoms with van der Waals surface area (Å²) < 4.78 is 0. The Morgan fingerprint density at radius 3 is 2.50 bits per heavy atom. The number of hydrogen-bond acceptors (Lipinski definition) is 0. The minimum absolute atomic E-state index is 1.31. The average Bonchev–Trinajstić information content (AvgIpc) is 2.05. The second-order valence-corrected chi connectivity index (χ2v) is 2.35. The summed E-state index contributed by atoms with van der Waals surface area (Å²) in [5.41, 5.74) is 0. The van der Waals surface area contributed by atoms with Crippen LogP contribution in [0.1, 0.15) is 0 Å². The molecule has 0 fully saturated rings. The van der Waals surface area contributed by atoms with Gasteiger partial charge in [0.2, 0.25) is 0 Å². The van der Waals surface area contributed by atoms with Gasteiger partial charge in [0, 0.05) is 0 Å². The SMILES string of the molecule is b1ccc2ccccc2c1. The Morgan fingerprint density at radius 1 is 0.900 bits per heavy atom. The number of hydrogen-bond donors (Lipinski definition) is 0. The molecule has 2 aromatic rings. The molecule has 0 bridgehead atoms. The first-order chi connectivity index (χ1) is 4.97. The van der Waals surface area contributed by atoms with E-state index in [4.69, 9.17) is 0 Å². The molecule has 0 aliphatic heterocycles. The second-order valence-electron chi connectivity index (χ2n) is 2.35. The first kappa shape index (κ1) is 5.66. The van der Waals surface area contributed by atoms with Gasteiger partial charge in [0.25, 0.3) is 0 Å². The Balaban J connectivity index is 2.89. The molecule has 1 heteroatoms. The molecule has 2 rings (SSSR count). The molecular formula is C9H7B. The van der Waals surface area contributed by atoms with Gasteiger partial charge in [0.1, 0.15) is 0 Å². The van der Waals surface area contributed by atoms with Crippen molar-refractivity contribution in [1.29, 1.82) is 0 Å². The van der Waals surface area contributed by atoms with Crippen molar-refractivity contribution in [2.24, 2.45) is 0 Å². The normalized spacial score (nSPS) is 9.60. The van der Waals surface area contributed by atoms with Crippen LogP contribution in [0.25, 0.3) is 10.8 Å². The Bertz CT molecular complexity index is 276.